The average Bonchev–Trinajstić information content (AvgIpc) is 3.26. The van der Waals surface area contributed by atoms with Crippen molar-refractivity contribution in [2.45, 2.75) is 18.0 Å². The highest BCUT2D eigenvalue weighted by molar-refractivity contribution is 7.99. The van der Waals surface area contributed by atoms with Crippen LogP contribution in [0.4, 0.5) is 14.5 Å². The fourth-order valence-corrected chi connectivity index (χ4v) is 3.59. The van der Waals surface area contributed by atoms with Gasteiger partial charge in [-0.1, -0.05) is 48.2 Å². The molecule has 0 aliphatic carbocycles. The van der Waals surface area contributed by atoms with E-state index in [2.05, 4.69) is 31.6 Å². The van der Waals surface area contributed by atoms with Crippen LogP contribution >= 0.6 is 11.8 Å². The zero-order chi connectivity index (χ0) is 21.1. The Balaban J connectivity index is 1.42. The van der Waals surface area contributed by atoms with E-state index in [9.17, 15) is 13.6 Å². The summed E-state index contributed by atoms with van der Waals surface area (Å²) in [6.45, 7) is 4.24. The van der Waals surface area contributed by atoms with Crippen LogP contribution in [0.5, 0.6) is 11.5 Å². The number of amides is 1. The smallest absolute Gasteiger partial charge is 0.395 e. The van der Waals surface area contributed by atoms with Gasteiger partial charge in [-0.05, 0) is 12.1 Å². The summed E-state index contributed by atoms with van der Waals surface area (Å²) in [7, 11) is 0. The number of thioether (sulfide) groups is 1. The number of nitrogens with one attached hydrogen (secondary N) is 1. The number of nitrogens with zero attached hydrogens (tertiary/aromatic N) is 3. The summed E-state index contributed by atoms with van der Waals surface area (Å²) >= 11 is 1.21. The van der Waals surface area contributed by atoms with Gasteiger partial charge >= 0.3 is 6.29 Å². The van der Waals surface area contributed by atoms with Crippen LogP contribution in [-0.2, 0) is 11.3 Å². The molecule has 154 valence electrons. The predicted molar refractivity (Wildman–Crippen MR) is 108 cm³/mol. The predicted octanol–water partition coefficient (Wildman–Crippen LogP) is 4.18. The van der Waals surface area contributed by atoms with Gasteiger partial charge in [-0.3, -0.25) is 9.36 Å². The Labute approximate surface area is 174 Å². The Morgan fingerprint density at radius 1 is 1.17 bits per heavy atom. The van der Waals surface area contributed by atoms with Crippen molar-refractivity contribution >= 4 is 23.4 Å². The summed E-state index contributed by atoms with van der Waals surface area (Å²) in [5.41, 5.74) is 1.22. The number of rotatable bonds is 7. The maximum absolute atomic E-state index is 13.1. The van der Waals surface area contributed by atoms with Crippen molar-refractivity contribution in [2.24, 2.45) is 0 Å². The zero-order valence-corrected chi connectivity index (χ0v) is 16.4. The summed E-state index contributed by atoms with van der Waals surface area (Å²) in [4.78, 5) is 12.3. The molecule has 30 heavy (non-hydrogen) atoms. The first-order valence-corrected chi connectivity index (χ1v) is 9.86. The van der Waals surface area contributed by atoms with Crippen LogP contribution in [0.15, 0.2) is 66.3 Å². The lowest BCUT2D eigenvalue weighted by Crippen LogP contribution is -2.25. The Morgan fingerprint density at radius 3 is 2.70 bits per heavy atom. The van der Waals surface area contributed by atoms with Crippen molar-refractivity contribution in [1.82, 2.24) is 14.8 Å². The summed E-state index contributed by atoms with van der Waals surface area (Å²) < 4.78 is 36.8. The van der Waals surface area contributed by atoms with Crippen LogP contribution in [0.25, 0.3) is 11.4 Å². The fourth-order valence-electron chi connectivity index (χ4n) is 2.84. The van der Waals surface area contributed by atoms with Gasteiger partial charge in [0.05, 0.1) is 5.75 Å². The number of anilines is 1. The minimum Gasteiger partial charge on any atom is -0.395 e. The summed E-state index contributed by atoms with van der Waals surface area (Å²) in [6, 6.07) is 13.6. The van der Waals surface area contributed by atoms with Gasteiger partial charge in [-0.25, -0.2) is 0 Å². The number of allylic oxidation sites excluding steroid dienone is 1. The third-order valence-electron chi connectivity index (χ3n) is 4.08. The highest BCUT2D eigenvalue weighted by Gasteiger charge is 2.43. The zero-order valence-electron chi connectivity index (χ0n) is 15.5. The summed E-state index contributed by atoms with van der Waals surface area (Å²) in [5.74, 6) is 0.173. The molecule has 1 amide bonds. The molecule has 0 fully saturated rings. The first-order valence-electron chi connectivity index (χ1n) is 8.87. The van der Waals surface area contributed by atoms with Crippen molar-refractivity contribution in [3.63, 3.8) is 0 Å². The van der Waals surface area contributed by atoms with E-state index in [1.807, 2.05) is 34.9 Å². The van der Waals surface area contributed by atoms with E-state index in [1.165, 1.54) is 30.0 Å². The molecule has 1 aliphatic heterocycles. The standard InChI is InChI=1S/C20H16F2N4O3S/c1-2-10-26-18(13-6-4-3-5-7-13)24-25-19(26)30-12-17(27)23-14-8-9-15-16(11-14)29-20(21,22)28-15/h2-9,11H,1,10,12H2,(H,23,27). The topological polar surface area (TPSA) is 78.3 Å². The first kappa shape index (κ1) is 19.9. The van der Waals surface area contributed by atoms with Crippen LogP contribution in [0.2, 0.25) is 0 Å². The van der Waals surface area contributed by atoms with Crippen molar-refractivity contribution < 1.29 is 23.0 Å². The van der Waals surface area contributed by atoms with Crippen molar-refractivity contribution in [3.05, 3.63) is 61.2 Å². The van der Waals surface area contributed by atoms with Gasteiger partial charge in [0.2, 0.25) is 5.91 Å². The second kappa shape index (κ2) is 8.15. The van der Waals surface area contributed by atoms with Crippen molar-refractivity contribution in [2.75, 3.05) is 11.1 Å². The van der Waals surface area contributed by atoms with E-state index in [0.717, 1.165) is 5.56 Å². The Morgan fingerprint density at radius 2 is 1.93 bits per heavy atom. The van der Waals surface area contributed by atoms with Crippen LogP contribution in [0, 0.1) is 0 Å². The van der Waals surface area contributed by atoms with Crippen molar-refractivity contribution in [3.8, 4) is 22.9 Å². The Bertz CT molecular complexity index is 1090. The van der Waals surface area contributed by atoms with Gasteiger partial charge in [0.25, 0.3) is 0 Å². The number of halogens is 2. The number of carbonyl (C=O) groups excluding carboxylic acids is 1. The van der Waals surface area contributed by atoms with Crippen LogP contribution in [-0.4, -0.2) is 32.7 Å². The molecule has 3 aromatic rings. The first-order chi connectivity index (χ1) is 14.4. The number of ether oxygens (including phenoxy) is 2. The number of alkyl halides is 2. The van der Waals surface area contributed by atoms with Gasteiger partial charge in [0, 0.05) is 23.9 Å². The molecule has 0 radical (unpaired) electrons. The lowest BCUT2D eigenvalue weighted by molar-refractivity contribution is -0.286. The lowest BCUT2D eigenvalue weighted by Gasteiger charge is -2.08. The third kappa shape index (κ3) is 4.28. The second-order valence-electron chi connectivity index (χ2n) is 6.24. The molecule has 1 aliphatic rings. The van der Waals surface area contributed by atoms with E-state index in [1.54, 1.807) is 6.08 Å². The van der Waals surface area contributed by atoms with E-state index in [0.29, 0.717) is 23.2 Å². The van der Waals surface area contributed by atoms with Gasteiger partial charge in [0.1, 0.15) is 0 Å². The molecule has 1 aromatic heterocycles. The molecular formula is C20H16F2N4O3S. The molecule has 2 aromatic carbocycles. The Kier molecular flexibility index (Phi) is 5.40. The van der Waals surface area contributed by atoms with Gasteiger partial charge < -0.3 is 14.8 Å². The highest BCUT2D eigenvalue weighted by atomic mass is 32.2. The monoisotopic (exact) mass is 430 g/mol. The highest BCUT2D eigenvalue weighted by Crippen LogP contribution is 2.42. The minimum atomic E-state index is -3.70. The molecule has 7 nitrogen and oxygen atoms in total. The molecule has 0 spiro atoms. The molecule has 0 bridgehead atoms. The van der Waals surface area contributed by atoms with Crippen LogP contribution in [0.1, 0.15) is 0 Å². The molecule has 0 saturated heterocycles. The second-order valence-corrected chi connectivity index (χ2v) is 7.18. The van der Waals surface area contributed by atoms with Crippen molar-refractivity contribution in [1.29, 1.82) is 0 Å². The molecule has 1 N–H and O–H groups in total. The number of fused-ring (bicyclic) bond motifs is 1. The normalized spacial score (nSPS) is 13.8. The molecule has 10 heteroatoms. The van der Waals surface area contributed by atoms with E-state index in [4.69, 9.17) is 0 Å². The maximum atomic E-state index is 13.1. The van der Waals surface area contributed by atoms with Crippen LogP contribution in [0.3, 0.4) is 0 Å². The number of aromatic nitrogens is 3. The molecule has 4 rings (SSSR count). The molecular weight excluding hydrogens is 414 g/mol. The maximum Gasteiger partial charge on any atom is 0.586 e. The fraction of sp³-hybridized carbons (Fsp3) is 0.150. The van der Waals surface area contributed by atoms with E-state index >= 15 is 0 Å². The van der Waals surface area contributed by atoms with Gasteiger partial charge in [-0.15, -0.1) is 25.6 Å². The van der Waals surface area contributed by atoms with E-state index < -0.39 is 6.29 Å². The summed E-state index contributed by atoms with van der Waals surface area (Å²) in [6.07, 6.45) is -1.98. The minimum absolute atomic E-state index is 0.0503. The molecule has 2 heterocycles. The Hall–Kier alpha value is -3.40. The molecule has 0 unspecified atom stereocenters. The third-order valence-corrected chi connectivity index (χ3v) is 5.04. The number of hydrogen-bond acceptors (Lipinski definition) is 6. The van der Waals surface area contributed by atoms with E-state index in [-0.39, 0.29) is 23.2 Å². The molecule has 0 saturated carbocycles. The van der Waals surface area contributed by atoms with Gasteiger partial charge in [0.15, 0.2) is 22.5 Å². The molecule has 0 atom stereocenters. The quantitative estimate of drug-likeness (QED) is 0.448. The number of carbonyl (C=O) groups is 1. The average molecular weight is 430 g/mol. The number of benzene rings is 2. The van der Waals surface area contributed by atoms with Gasteiger partial charge in [-0.2, -0.15) is 0 Å². The number of hydrogen-bond donors (Lipinski definition) is 1. The van der Waals surface area contributed by atoms with Crippen LogP contribution < -0.4 is 14.8 Å². The SMILES string of the molecule is C=CCn1c(SCC(=O)Nc2ccc3c(c2)OC(F)(F)O3)nnc1-c1ccccc1. The lowest BCUT2D eigenvalue weighted by atomic mass is 10.2. The largest absolute Gasteiger partial charge is 0.586 e. The summed E-state index contributed by atoms with van der Waals surface area (Å²) in [5, 5.41) is 11.6.